The van der Waals surface area contributed by atoms with Crippen molar-refractivity contribution in [1.82, 2.24) is 0 Å². The minimum Gasteiger partial charge on any atom is -0.490 e. The maximum absolute atomic E-state index is 13.5. The van der Waals surface area contributed by atoms with Crippen LogP contribution in [-0.4, -0.2) is 26.2 Å². The van der Waals surface area contributed by atoms with Crippen LogP contribution in [-0.2, 0) is 16.0 Å². The minimum atomic E-state index is -0.444. The molecule has 0 aliphatic heterocycles. The molecule has 0 atom stereocenters. The van der Waals surface area contributed by atoms with Gasteiger partial charge in [-0.2, -0.15) is 0 Å². The van der Waals surface area contributed by atoms with Crippen LogP contribution in [0.2, 0.25) is 0 Å². The van der Waals surface area contributed by atoms with Crippen LogP contribution in [0.4, 0.5) is 4.39 Å². The topological polar surface area (TPSA) is 61.5 Å². The van der Waals surface area contributed by atoms with Crippen molar-refractivity contribution in [1.29, 1.82) is 0 Å². The predicted molar refractivity (Wildman–Crippen MR) is 61.3 cm³/mol. The lowest BCUT2D eigenvalue weighted by molar-refractivity contribution is -0.141. The Morgan fingerprint density at radius 2 is 2.24 bits per heavy atom. The molecule has 94 valence electrons. The van der Waals surface area contributed by atoms with Gasteiger partial charge in [0.05, 0.1) is 20.1 Å². The van der Waals surface area contributed by atoms with E-state index in [1.54, 1.807) is 12.1 Å². The summed E-state index contributed by atoms with van der Waals surface area (Å²) in [5, 5.41) is 0. The van der Waals surface area contributed by atoms with Gasteiger partial charge >= 0.3 is 5.97 Å². The quantitative estimate of drug-likeness (QED) is 0.762. The van der Waals surface area contributed by atoms with Crippen LogP contribution in [0, 0.1) is 5.82 Å². The molecule has 0 aliphatic carbocycles. The highest BCUT2D eigenvalue weighted by atomic mass is 19.1. The highest BCUT2D eigenvalue weighted by molar-refractivity contribution is 5.69. The van der Waals surface area contributed by atoms with Crippen molar-refractivity contribution < 1.29 is 18.7 Å². The Hall–Kier alpha value is -1.62. The first kappa shape index (κ1) is 13.4. The summed E-state index contributed by atoms with van der Waals surface area (Å²) in [4.78, 5) is 10.9. The van der Waals surface area contributed by atoms with E-state index in [4.69, 9.17) is 10.5 Å². The molecule has 0 bridgehead atoms. The lowest BCUT2D eigenvalue weighted by Crippen LogP contribution is -2.11. The van der Waals surface area contributed by atoms with Gasteiger partial charge in [-0.1, -0.05) is 12.1 Å². The summed E-state index contributed by atoms with van der Waals surface area (Å²) in [5.41, 5.74) is 6.13. The monoisotopic (exact) mass is 241 g/mol. The molecule has 2 N–H and O–H groups in total. The highest BCUT2D eigenvalue weighted by Crippen LogP contribution is 2.23. The number of methoxy groups -OCH3 is 1. The van der Waals surface area contributed by atoms with E-state index in [0.29, 0.717) is 18.5 Å². The molecule has 0 heterocycles. The van der Waals surface area contributed by atoms with Crippen LogP contribution in [0.3, 0.4) is 0 Å². The van der Waals surface area contributed by atoms with Gasteiger partial charge in [0.25, 0.3) is 0 Å². The fourth-order valence-electron chi connectivity index (χ4n) is 1.41. The van der Waals surface area contributed by atoms with Crippen molar-refractivity contribution in [2.45, 2.75) is 12.8 Å². The Balaban J connectivity index is 2.65. The van der Waals surface area contributed by atoms with E-state index in [-0.39, 0.29) is 24.7 Å². The molecule has 0 aromatic heterocycles. The molecule has 5 heteroatoms. The van der Waals surface area contributed by atoms with E-state index in [9.17, 15) is 9.18 Å². The minimum absolute atomic E-state index is 0.0885. The van der Waals surface area contributed by atoms with Gasteiger partial charge in [-0.05, 0) is 24.6 Å². The summed E-state index contributed by atoms with van der Waals surface area (Å²) >= 11 is 0. The zero-order chi connectivity index (χ0) is 12.7. The van der Waals surface area contributed by atoms with E-state index in [1.807, 2.05) is 0 Å². The van der Waals surface area contributed by atoms with Gasteiger partial charge in [-0.15, -0.1) is 0 Å². The summed E-state index contributed by atoms with van der Waals surface area (Å²) in [6.07, 6.45) is 0.623. The van der Waals surface area contributed by atoms with E-state index < -0.39 is 5.82 Å². The van der Waals surface area contributed by atoms with Crippen LogP contribution in [0.25, 0.3) is 0 Å². The smallest absolute Gasteiger partial charge is 0.308 e. The molecule has 0 radical (unpaired) electrons. The number of carbonyl (C=O) groups excluding carboxylic acids is 1. The van der Waals surface area contributed by atoms with Crippen LogP contribution in [0.1, 0.15) is 12.0 Å². The van der Waals surface area contributed by atoms with Crippen LogP contribution in [0.5, 0.6) is 5.75 Å². The molecular weight excluding hydrogens is 225 g/mol. The molecular formula is C12H16FNO3. The van der Waals surface area contributed by atoms with Crippen molar-refractivity contribution in [3.63, 3.8) is 0 Å². The molecule has 4 nitrogen and oxygen atoms in total. The number of para-hydroxylation sites is 1. The van der Waals surface area contributed by atoms with Crippen molar-refractivity contribution in [3.8, 4) is 5.75 Å². The normalized spacial score (nSPS) is 10.1. The third kappa shape index (κ3) is 4.03. The third-order valence-electron chi connectivity index (χ3n) is 2.24. The Kier molecular flexibility index (Phi) is 5.42. The summed E-state index contributed by atoms with van der Waals surface area (Å²) in [6.45, 7) is 0.502. The molecule has 0 aliphatic rings. The molecule has 17 heavy (non-hydrogen) atoms. The zero-order valence-corrected chi connectivity index (χ0v) is 9.74. The molecule has 0 spiro atoms. The average molecular weight is 241 g/mol. The molecule has 1 aromatic rings. The number of halogens is 1. The molecule has 0 saturated carbocycles. The zero-order valence-electron chi connectivity index (χ0n) is 9.74. The standard InChI is InChI=1S/C12H16FNO3/c1-16-11(15)6-8-17-12-9(5-7-14)3-2-4-10(12)13/h2-4H,5-8,14H2,1H3. The largest absolute Gasteiger partial charge is 0.490 e. The Morgan fingerprint density at radius 1 is 1.47 bits per heavy atom. The highest BCUT2D eigenvalue weighted by Gasteiger charge is 2.10. The molecule has 1 rings (SSSR count). The SMILES string of the molecule is COC(=O)CCOc1c(F)cccc1CCN. The number of benzene rings is 1. The van der Waals surface area contributed by atoms with E-state index in [0.717, 1.165) is 0 Å². The average Bonchev–Trinajstić information content (AvgIpc) is 2.32. The second kappa shape index (κ2) is 6.85. The van der Waals surface area contributed by atoms with Crippen molar-refractivity contribution in [2.75, 3.05) is 20.3 Å². The van der Waals surface area contributed by atoms with Gasteiger partial charge in [0, 0.05) is 0 Å². The fraction of sp³-hybridized carbons (Fsp3) is 0.417. The Labute approximate surface area is 99.5 Å². The van der Waals surface area contributed by atoms with Crippen LogP contribution in [0.15, 0.2) is 18.2 Å². The third-order valence-corrected chi connectivity index (χ3v) is 2.24. The second-order valence-electron chi connectivity index (χ2n) is 3.44. The summed E-state index contributed by atoms with van der Waals surface area (Å²) in [5.74, 6) is -0.663. The lowest BCUT2D eigenvalue weighted by Gasteiger charge is -2.11. The number of carbonyl (C=O) groups is 1. The van der Waals surface area contributed by atoms with Gasteiger partial charge in [0.1, 0.15) is 0 Å². The molecule has 0 saturated heterocycles. The molecule has 1 aromatic carbocycles. The maximum atomic E-state index is 13.5. The number of ether oxygens (including phenoxy) is 2. The van der Waals surface area contributed by atoms with Gasteiger partial charge in [0.15, 0.2) is 11.6 Å². The van der Waals surface area contributed by atoms with E-state index in [1.165, 1.54) is 13.2 Å². The van der Waals surface area contributed by atoms with Crippen LogP contribution < -0.4 is 10.5 Å². The molecule has 0 amide bonds. The first-order chi connectivity index (χ1) is 8.19. The second-order valence-corrected chi connectivity index (χ2v) is 3.44. The van der Waals surface area contributed by atoms with E-state index in [2.05, 4.69) is 4.74 Å². The Bertz CT molecular complexity index is 382. The van der Waals surface area contributed by atoms with Gasteiger partial charge in [-0.3, -0.25) is 4.79 Å². The fourth-order valence-corrected chi connectivity index (χ4v) is 1.41. The molecule has 0 fully saturated rings. The number of nitrogens with two attached hydrogens (primary N) is 1. The first-order valence-corrected chi connectivity index (χ1v) is 5.36. The summed E-state index contributed by atoms with van der Waals surface area (Å²) in [6, 6.07) is 4.67. The summed E-state index contributed by atoms with van der Waals surface area (Å²) < 4.78 is 23.2. The Morgan fingerprint density at radius 3 is 2.88 bits per heavy atom. The van der Waals surface area contributed by atoms with E-state index >= 15 is 0 Å². The van der Waals surface area contributed by atoms with Gasteiger partial charge < -0.3 is 15.2 Å². The predicted octanol–water partition coefficient (Wildman–Crippen LogP) is 1.27. The number of hydrogen-bond acceptors (Lipinski definition) is 4. The van der Waals surface area contributed by atoms with Crippen molar-refractivity contribution >= 4 is 5.97 Å². The number of hydrogen-bond donors (Lipinski definition) is 1. The lowest BCUT2D eigenvalue weighted by atomic mass is 10.1. The number of esters is 1. The van der Waals surface area contributed by atoms with Crippen LogP contribution >= 0.6 is 0 Å². The van der Waals surface area contributed by atoms with Gasteiger partial charge in [-0.25, -0.2) is 4.39 Å². The van der Waals surface area contributed by atoms with Crippen molar-refractivity contribution in [3.05, 3.63) is 29.6 Å². The molecule has 0 unspecified atom stereocenters. The van der Waals surface area contributed by atoms with Crippen molar-refractivity contribution in [2.24, 2.45) is 5.73 Å². The number of rotatable bonds is 6. The summed E-state index contributed by atoms with van der Waals surface area (Å²) in [7, 11) is 1.30. The maximum Gasteiger partial charge on any atom is 0.308 e. The first-order valence-electron chi connectivity index (χ1n) is 5.36. The van der Waals surface area contributed by atoms with Gasteiger partial charge in [0.2, 0.25) is 0 Å².